The molecule has 2 aromatic carbocycles. The number of hydrogen-bond acceptors (Lipinski definition) is 6. The molecule has 1 unspecified atom stereocenters. The molecular weight excluding hydrogens is 440 g/mol. The third-order valence-corrected chi connectivity index (χ3v) is 6.07. The SMILES string of the molecule is CCOC(=O)C(NC(=O)OCC1c2ccccc2-c2ccccc21)C(=O)N(C)C(C)(C)C(=O)O. The normalized spacial score (nSPS) is 13.3. The number of aliphatic carboxylic acids is 1. The fourth-order valence-electron chi connectivity index (χ4n) is 3.82. The Bertz CT molecular complexity index is 1070. The Labute approximate surface area is 197 Å². The Morgan fingerprint density at radius 1 is 1.00 bits per heavy atom. The maximum Gasteiger partial charge on any atom is 0.408 e. The van der Waals surface area contributed by atoms with Gasteiger partial charge in [0.1, 0.15) is 12.1 Å². The molecule has 1 aliphatic carbocycles. The number of carbonyl (C=O) groups excluding carboxylic acids is 3. The van der Waals surface area contributed by atoms with Gasteiger partial charge in [-0.15, -0.1) is 0 Å². The van der Waals surface area contributed by atoms with Crippen molar-refractivity contribution < 1.29 is 33.8 Å². The van der Waals surface area contributed by atoms with Crippen LogP contribution in [-0.2, 0) is 23.9 Å². The molecule has 0 bridgehead atoms. The van der Waals surface area contributed by atoms with Crippen LogP contribution in [0.5, 0.6) is 0 Å². The van der Waals surface area contributed by atoms with Crippen molar-refractivity contribution >= 4 is 23.9 Å². The first-order valence-electron chi connectivity index (χ1n) is 10.9. The zero-order valence-electron chi connectivity index (χ0n) is 19.5. The first kappa shape index (κ1) is 24.8. The van der Waals surface area contributed by atoms with Gasteiger partial charge in [0.25, 0.3) is 5.91 Å². The summed E-state index contributed by atoms with van der Waals surface area (Å²) in [6.45, 7) is 4.13. The summed E-state index contributed by atoms with van der Waals surface area (Å²) in [5.74, 6) is -3.41. The second-order valence-electron chi connectivity index (χ2n) is 8.42. The molecule has 2 amide bonds. The molecule has 3 rings (SSSR count). The summed E-state index contributed by atoms with van der Waals surface area (Å²) in [6.07, 6.45) is -0.991. The van der Waals surface area contributed by atoms with E-state index in [1.807, 2.05) is 48.5 Å². The number of amides is 2. The highest BCUT2D eigenvalue weighted by Crippen LogP contribution is 2.44. The number of nitrogens with zero attached hydrogens (tertiary/aromatic N) is 1. The van der Waals surface area contributed by atoms with Crippen molar-refractivity contribution in [2.24, 2.45) is 0 Å². The molecule has 1 aliphatic rings. The maximum atomic E-state index is 12.9. The minimum Gasteiger partial charge on any atom is -0.480 e. The average Bonchev–Trinajstić information content (AvgIpc) is 3.14. The highest BCUT2D eigenvalue weighted by atomic mass is 16.6. The van der Waals surface area contributed by atoms with Gasteiger partial charge in [-0.3, -0.25) is 10.1 Å². The van der Waals surface area contributed by atoms with Crippen molar-refractivity contribution in [1.29, 1.82) is 0 Å². The molecule has 0 saturated carbocycles. The van der Waals surface area contributed by atoms with Crippen molar-refractivity contribution in [3.8, 4) is 11.1 Å². The van der Waals surface area contributed by atoms with E-state index >= 15 is 0 Å². The molecule has 180 valence electrons. The van der Waals surface area contributed by atoms with E-state index in [2.05, 4.69) is 5.32 Å². The monoisotopic (exact) mass is 468 g/mol. The first-order chi connectivity index (χ1) is 16.1. The molecule has 0 fully saturated rings. The Morgan fingerprint density at radius 3 is 2.03 bits per heavy atom. The first-order valence-corrected chi connectivity index (χ1v) is 10.9. The topological polar surface area (TPSA) is 122 Å². The molecule has 2 N–H and O–H groups in total. The number of ether oxygens (including phenoxy) is 2. The molecule has 2 aromatic rings. The molecule has 9 heteroatoms. The minimum absolute atomic E-state index is 0.0138. The summed E-state index contributed by atoms with van der Waals surface area (Å²) in [4.78, 5) is 50.4. The Morgan fingerprint density at radius 2 is 1.53 bits per heavy atom. The Hall–Kier alpha value is -3.88. The van der Waals surface area contributed by atoms with Crippen molar-refractivity contribution in [3.63, 3.8) is 0 Å². The number of likely N-dealkylation sites (N-methyl/N-ethyl adjacent to an activating group) is 1. The predicted octanol–water partition coefficient (Wildman–Crippen LogP) is 2.78. The molecular formula is C25H28N2O7. The number of esters is 1. The van der Waals surface area contributed by atoms with Crippen LogP contribution in [0, 0.1) is 0 Å². The lowest BCUT2D eigenvalue weighted by atomic mass is 9.98. The van der Waals surface area contributed by atoms with Crippen LogP contribution in [0.4, 0.5) is 4.79 Å². The smallest absolute Gasteiger partial charge is 0.408 e. The number of alkyl carbamates (subject to hydrolysis) is 1. The lowest BCUT2D eigenvalue weighted by molar-refractivity contribution is -0.160. The predicted molar refractivity (Wildman–Crippen MR) is 123 cm³/mol. The van der Waals surface area contributed by atoms with E-state index in [1.54, 1.807) is 6.92 Å². The van der Waals surface area contributed by atoms with Crippen LogP contribution in [0.3, 0.4) is 0 Å². The van der Waals surface area contributed by atoms with Gasteiger partial charge < -0.3 is 19.5 Å². The third kappa shape index (κ3) is 4.73. The summed E-state index contributed by atoms with van der Waals surface area (Å²) in [5, 5.41) is 11.7. The third-order valence-electron chi connectivity index (χ3n) is 6.07. The number of carbonyl (C=O) groups is 4. The number of hydrogen-bond donors (Lipinski definition) is 2. The van der Waals surface area contributed by atoms with Gasteiger partial charge in [-0.2, -0.15) is 0 Å². The number of benzene rings is 2. The van der Waals surface area contributed by atoms with Crippen LogP contribution in [0.1, 0.15) is 37.8 Å². The highest BCUT2D eigenvalue weighted by molar-refractivity contribution is 6.05. The molecule has 0 heterocycles. The van der Waals surface area contributed by atoms with Gasteiger partial charge in [0.05, 0.1) is 6.61 Å². The van der Waals surface area contributed by atoms with E-state index in [4.69, 9.17) is 9.47 Å². The number of carboxylic acids is 1. The van der Waals surface area contributed by atoms with E-state index < -0.39 is 35.5 Å². The van der Waals surface area contributed by atoms with Crippen LogP contribution < -0.4 is 5.32 Å². The molecule has 1 atom stereocenters. The Kier molecular flexibility index (Phi) is 7.24. The molecule has 34 heavy (non-hydrogen) atoms. The van der Waals surface area contributed by atoms with Gasteiger partial charge in [-0.1, -0.05) is 48.5 Å². The zero-order valence-corrected chi connectivity index (χ0v) is 19.5. The van der Waals surface area contributed by atoms with Gasteiger partial charge >= 0.3 is 18.0 Å². The van der Waals surface area contributed by atoms with E-state index in [0.29, 0.717) is 0 Å². The van der Waals surface area contributed by atoms with E-state index in [1.165, 1.54) is 20.9 Å². The van der Waals surface area contributed by atoms with E-state index in [-0.39, 0.29) is 19.1 Å². The van der Waals surface area contributed by atoms with Crippen molar-refractivity contribution in [1.82, 2.24) is 10.2 Å². The molecule has 0 aromatic heterocycles. The lowest BCUT2D eigenvalue weighted by Crippen LogP contribution is -2.59. The van der Waals surface area contributed by atoms with Gasteiger partial charge in [-0.05, 0) is 43.0 Å². The standard InChI is InChI=1S/C25H28N2O7/c1-5-33-22(29)20(21(28)27(4)25(2,3)23(30)31)26-24(32)34-14-19-17-12-8-6-10-15(17)16-11-7-9-13-18(16)19/h6-13,19-20H,5,14H2,1-4H3,(H,26,32)(H,30,31). The molecule has 0 spiro atoms. The number of rotatable bonds is 8. The van der Waals surface area contributed by atoms with Gasteiger partial charge in [0.15, 0.2) is 0 Å². The molecule has 0 radical (unpaired) electrons. The quantitative estimate of drug-likeness (QED) is 0.451. The van der Waals surface area contributed by atoms with E-state index in [9.17, 15) is 24.3 Å². The number of fused-ring (bicyclic) bond motifs is 3. The van der Waals surface area contributed by atoms with E-state index in [0.717, 1.165) is 27.2 Å². The fraction of sp³-hybridized carbons (Fsp3) is 0.360. The summed E-state index contributed by atoms with van der Waals surface area (Å²) >= 11 is 0. The van der Waals surface area contributed by atoms with Crippen LogP contribution >= 0.6 is 0 Å². The Balaban J connectivity index is 1.75. The van der Waals surface area contributed by atoms with Gasteiger partial charge in [0, 0.05) is 13.0 Å². The number of nitrogens with one attached hydrogen (secondary N) is 1. The minimum atomic E-state index is -1.75. The zero-order chi connectivity index (χ0) is 25.0. The average molecular weight is 469 g/mol. The second kappa shape index (κ2) is 9.94. The van der Waals surface area contributed by atoms with Gasteiger partial charge in [0.2, 0.25) is 6.04 Å². The highest BCUT2D eigenvalue weighted by Gasteiger charge is 2.42. The van der Waals surface area contributed by atoms with Crippen LogP contribution in [0.2, 0.25) is 0 Å². The largest absolute Gasteiger partial charge is 0.480 e. The van der Waals surface area contributed by atoms with Crippen LogP contribution in [0.25, 0.3) is 11.1 Å². The van der Waals surface area contributed by atoms with Crippen molar-refractivity contribution in [2.45, 2.75) is 38.3 Å². The summed E-state index contributed by atoms with van der Waals surface area (Å²) < 4.78 is 10.3. The fourth-order valence-corrected chi connectivity index (χ4v) is 3.82. The second-order valence-corrected chi connectivity index (χ2v) is 8.42. The summed E-state index contributed by atoms with van der Waals surface area (Å²) in [5.41, 5.74) is 2.52. The van der Waals surface area contributed by atoms with Crippen LogP contribution in [0.15, 0.2) is 48.5 Å². The molecule has 0 saturated heterocycles. The molecule has 0 aliphatic heterocycles. The van der Waals surface area contributed by atoms with Gasteiger partial charge in [-0.25, -0.2) is 14.4 Å². The molecule has 9 nitrogen and oxygen atoms in total. The lowest BCUT2D eigenvalue weighted by Gasteiger charge is -2.33. The van der Waals surface area contributed by atoms with Crippen molar-refractivity contribution in [3.05, 3.63) is 59.7 Å². The summed E-state index contributed by atoms with van der Waals surface area (Å²) in [6, 6.07) is 13.9. The van der Waals surface area contributed by atoms with Crippen LogP contribution in [-0.4, -0.2) is 65.8 Å². The number of carboxylic acid groups (broad SMARTS) is 1. The summed E-state index contributed by atoms with van der Waals surface area (Å²) in [7, 11) is 1.24. The maximum absolute atomic E-state index is 12.9. The van der Waals surface area contributed by atoms with Crippen molar-refractivity contribution in [2.75, 3.05) is 20.3 Å².